The first-order valence-corrected chi connectivity index (χ1v) is 5.67. The fourth-order valence-corrected chi connectivity index (χ4v) is 1.96. The van der Waals surface area contributed by atoms with Gasteiger partial charge in [-0.3, -0.25) is 4.98 Å². The Morgan fingerprint density at radius 3 is 2.53 bits per heavy atom. The zero-order valence-electron chi connectivity index (χ0n) is 10.2. The summed E-state index contributed by atoms with van der Waals surface area (Å²) in [6, 6.07) is 12.3. The Hall–Kier alpha value is -1.87. The average molecular weight is 227 g/mol. The maximum absolute atomic E-state index is 5.72. The molecule has 0 saturated heterocycles. The second kappa shape index (κ2) is 4.97. The number of pyridine rings is 1. The highest BCUT2D eigenvalue weighted by Crippen LogP contribution is 2.27. The summed E-state index contributed by atoms with van der Waals surface area (Å²) in [7, 11) is 2.04. The molecule has 0 aliphatic carbocycles. The van der Waals surface area contributed by atoms with Gasteiger partial charge in [0, 0.05) is 25.5 Å². The van der Waals surface area contributed by atoms with Crippen LogP contribution in [-0.4, -0.2) is 12.0 Å². The van der Waals surface area contributed by atoms with Crippen molar-refractivity contribution in [3.8, 4) is 0 Å². The smallest absolute Gasteiger partial charge is 0.0775 e. The lowest BCUT2D eigenvalue weighted by Gasteiger charge is -2.23. The van der Waals surface area contributed by atoms with E-state index in [9.17, 15) is 0 Å². The topological polar surface area (TPSA) is 42.2 Å². The van der Waals surface area contributed by atoms with Crippen LogP contribution in [0.5, 0.6) is 0 Å². The predicted molar refractivity (Wildman–Crippen MR) is 71.4 cm³/mol. The highest BCUT2D eigenvalue weighted by molar-refractivity contribution is 5.67. The molecule has 2 aromatic rings. The summed E-state index contributed by atoms with van der Waals surface area (Å²) in [4.78, 5) is 6.44. The third kappa shape index (κ3) is 2.29. The van der Waals surface area contributed by atoms with E-state index in [4.69, 9.17) is 5.73 Å². The van der Waals surface area contributed by atoms with Gasteiger partial charge in [0.05, 0.1) is 11.4 Å². The Morgan fingerprint density at radius 2 is 1.82 bits per heavy atom. The van der Waals surface area contributed by atoms with Gasteiger partial charge in [0.25, 0.3) is 0 Å². The molecule has 2 rings (SSSR count). The Bertz CT molecular complexity index is 508. The van der Waals surface area contributed by atoms with Crippen LogP contribution in [0.15, 0.2) is 42.6 Å². The van der Waals surface area contributed by atoms with E-state index >= 15 is 0 Å². The summed E-state index contributed by atoms with van der Waals surface area (Å²) in [5.41, 5.74) is 10.1. The fraction of sp³-hybridized carbons (Fsp3) is 0.214. The van der Waals surface area contributed by atoms with Crippen molar-refractivity contribution < 1.29 is 0 Å². The van der Waals surface area contributed by atoms with Crippen LogP contribution in [0.3, 0.4) is 0 Å². The maximum Gasteiger partial charge on any atom is 0.0775 e. The first-order chi connectivity index (χ1) is 8.24. The molecule has 0 radical (unpaired) electrons. The quantitative estimate of drug-likeness (QED) is 0.876. The molecule has 1 heterocycles. The molecule has 0 aliphatic rings. The van der Waals surface area contributed by atoms with E-state index in [2.05, 4.69) is 28.9 Å². The molecule has 1 aromatic carbocycles. The van der Waals surface area contributed by atoms with Crippen molar-refractivity contribution in [1.82, 2.24) is 4.98 Å². The monoisotopic (exact) mass is 227 g/mol. The summed E-state index contributed by atoms with van der Waals surface area (Å²) in [5.74, 6) is 0. The average Bonchev–Trinajstić information content (AvgIpc) is 2.38. The number of hydrogen-bond donors (Lipinski definition) is 1. The van der Waals surface area contributed by atoms with E-state index in [0.29, 0.717) is 6.54 Å². The number of rotatable bonds is 3. The molecule has 0 bridgehead atoms. The molecule has 0 unspecified atom stereocenters. The molecule has 0 aliphatic heterocycles. The van der Waals surface area contributed by atoms with Gasteiger partial charge >= 0.3 is 0 Å². The molecule has 17 heavy (non-hydrogen) atoms. The third-order valence-electron chi connectivity index (χ3n) is 2.90. The number of nitrogens with zero attached hydrogens (tertiary/aromatic N) is 2. The summed E-state index contributed by atoms with van der Waals surface area (Å²) in [5, 5.41) is 0. The van der Waals surface area contributed by atoms with Crippen molar-refractivity contribution in [3.63, 3.8) is 0 Å². The van der Waals surface area contributed by atoms with Gasteiger partial charge in [0.1, 0.15) is 0 Å². The lowest BCUT2D eigenvalue weighted by atomic mass is 10.1. The molecular formula is C14H17N3. The van der Waals surface area contributed by atoms with Crippen LogP contribution in [-0.2, 0) is 6.54 Å². The molecule has 88 valence electrons. The van der Waals surface area contributed by atoms with Crippen LogP contribution in [0, 0.1) is 6.92 Å². The fourth-order valence-electron chi connectivity index (χ4n) is 1.96. The van der Waals surface area contributed by atoms with Gasteiger partial charge in [-0.1, -0.05) is 18.2 Å². The normalized spacial score (nSPS) is 10.3. The molecule has 0 atom stereocenters. The van der Waals surface area contributed by atoms with E-state index < -0.39 is 0 Å². The lowest BCUT2D eigenvalue weighted by molar-refractivity contribution is 0.972. The second-order valence-corrected chi connectivity index (χ2v) is 4.02. The SMILES string of the molecule is Cc1ccccc1N(C)c1cccnc1CN. The van der Waals surface area contributed by atoms with Crippen molar-refractivity contribution in [2.75, 3.05) is 11.9 Å². The molecule has 0 fully saturated rings. The first-order valence-electron chi connectivity index (χ1n) is 5.67. The van der Waals surface area contributed by atoms with Crippen LogP contribution in [0.25, 0.3) is 0 Å². The number of hydrogen-bond acceptors (Lipinski definition) is 3. The molecule has 1 aromatic heterocycles. The number of benzene rings is 1. The third-order valence-corrected chi connectivity index (χ3v) is 2.90. The highest BCUT2D eigenvalue weighted by Gasteiger charge is 2.10. The number of aromatic nitrogens is 1. The standard InChI is InChI=1S/C14H17N3/c1-11-6-3-4-7-13(11)17(2)14-8-5-9-16-12(14)10-15/h3-9H,10,15H2,1-2H3. The summed E-state index contributed by atoms with van der Waals surface area (Å²) in [6.45, 7) is 2.55. The predicted octanol–water partition coefficient (Wildman–Crippen LogP) is 2.62. The highest BCUT2D eigenvalue weighted by atomic mass is 15.1. The van der Waals surface area contributed by atoms with Gasteiger partial charge in [-0.05, 0) is 30.7 Å². The van der Waals surface area contributed by atoms with E-state index in [1.165, 1.54) is 11.3 Å². The Kier molecular flexibility index (Phi) is 3.40. The summed E-state index contributed by atoms with van der Waals surface area (Å²) in [6.07, 6.45) is 1.78. The molecular weight excluding hydrogens is 210 g/mol. The Labute approximate surface area is 102 Å². The van der Waals surface area contributed by atoms with E-state index in [0.717, 1.165) is 11.4 Å². The van der Waals surface area contributed by atoms with Gasteiger partial charge in [-0.15, -0.1) is 0 Å². The summed E-state index contributed by atoms with van der Waals surface area (Å²) < 4.78 is 0. The molecule has 3 heteroatoms. The van der Waals surface area contributed by atoms with Gasteiger partial charge in [0.2, 0.25) is 0 Å². The van der Waals surface area contributed by atoms with Crippen LogP contribution in [0.1, 0.15) is 11.3 Å². The first kappa shape index (κ1) is 11.6. The van der Waals surface area contributed by atoms with E-state index in [-0.39, 0.29) is 0 Å². The summed E-state index contributed by atoms with van der Waals surface area (Å²) >= 11 is 0. The molecule has 3 nitrogen and oxygen atoms in total. The number of nitrogens with two attached hydrogens (primary N) is 1. The number of aryl methyl sites for hydroxylation is 1. The van der Waals surface area contributed by atoms with Gasteiger partial charge in [-0.25, -0.2) is 0 Å². The van der Waals surface area contributed by atoms with Crippen LogP contribution >= 0.6 is 0 Å². The van der Waals surface area contributed by atoms with Crippen molar-refractivity contribution >= 4 is 11.4 Å². The Balaban J connectivity index is 2.44. The van der Waals surface area contributed by atoms with Crippen molar-refractivity contribution in [1.29, 1.82) is 0 Å². The van der Waals surface area contributed by atoms with Crippen molar-refractivity contribution in [2.45, 2.75) is 13.5 Å². The Morgan fingerprint density at radius 1 is 1.12 bits per heavy atom. The minimum absolute atomic E-state index is 0.451. The molecule has 0 amide bonds. The van der Waals surface area contributed by atoms with Gasteiger partial charge < -0.3 is 10.6 Å². The van der Waals surface area contributed by atoms with Crippen molar-refractivity contribution in [2.24, 2.45) is 5.73 Å². The van der Waals surface area contributed by atoms with Crippen molar-refractivity contribution in [3.05, 3.63) is 53.9 Å². The molecule has 2 N–H and O–H groups in total. The van der Waals surface area contributed by atoms with Gasteiger partial charge in [0.15, 0.2) is 0 Å². The zero-order chi connectivity index (χ0) is 12.3. The number of anilines is 2. The van der Waals surface area contributed by atoms with Crippen LogP contribution in [0.4, 0.5) is 11.4 Å². The molecule has 0 spiro atoms. The van der Waals surface area contributed by atoms with E-state index in [1.54, 1.807) is 6.20 Å². The molecule has 0 saturated carbocycles. The second-order valence-electron chi connectivity index (χ2n) is 4.02. The minimum atomic E-state index is 0.451. The number of para-hydroxylation sites is 1. The van der Waals surface area contributed by atoms with E-state index in [1.807, 2.05) is 31.3 Å². The minimum Gasteiger partial charge on any atom is -0.343 e. The van der Waals surface area contributed by atoms with Gasteiger partial charge in [-0.2, -0.15) is 0 Å². The largest absolute Gasteiger partial charge is 0.343 e. The zero-order valence-corrected chi connectivity index (χ0v) is 10.2. The van der Waals surface area contributed by atoms with Crippen LogP contribution < -0.4 is 10.6 Å². The maximum atomic E-state index is 5.72. The lowest BCUT2D eigenvalue weighted by Crippen LogP contribution is -2.15. The van der Waals surface area contributed by atoms with Crippen LogP contribution in [0.2, 0.25) is 0 Å².